The van der Waals surface area contributed by atoms with Gasteiger partial charge in [-0.15, -0.1) is 0 Å². The molecule has 2 N–H and O–H groups in total. The van der Waals surface area contributed by atoms with Crippen LogP contribution >= 0.6 is 0 Å². The summed E-state index contributed by atoms with van der Waals surface area (Å²) in [5.41, 5.74) is 1.19. The van der Waals surface area contributed by atoms with Gasteiger partial charge in [0.25, 0.3) is 0 Å². The first-order chi connectivity index (χ1) is 10.1. The van der Waals surface area contributed by atoms with Crippen LogP contribution in [0.4, 0.5) is 4.79 Å². The van der Waals surface area contributed by atoms with Crippen LogP contribution in [0.5, 0.6) is 0 Å². The summed E-state index contributed by atoms with van der Waals surface area (Å²) in [4.78, 5) is 25.4. The van der Waals surface area contributed by atoms with Crippen LogP contribution in [0.1, 0.15) is 25.8 Å². The van der Waals surface area contributed by atoms with E-state index in [4.69, 9.17) is 0 Å². The highest BCUT2D eigenvalue weighted by Crippen LogP contribution is 2.13. The minimum absolute atomic E-state index is 0.0865. The molecule has 1 atom stereocenters. The third kappa shape index (κ3) is 4.48. The highest BCUT2D eigenvalue weighted by Gasteiger charge is 2.31. The van der Waals surface area contributed by atoms with Gasteiger partial charge in [0.05, 0.1) is 6.04 Å². The van der Waals surface area contributed by atoms with E-state index in [9.17, 15) is 9.59 Å². The summed E-state index contributed by atoms with van der Waals surface area (Å²) in [5.74, 6) is 0.111. The van der Waals surface area contributed by atoms with Crippen molar-refractivity contribution in [3.8, 4) is 0 Å². The van der Waals surface area contributed by atoms with E-state index in [0.717, 1.165) is 6.42 Å². The van der Waals surface area contributed by atoms with Crippen LogP contribution < -0.4 is 10.6 Å². The number of nitrogens with one attached hydrogen (secondary N) is 2. The molecule has 0 bridgehead atoms. The molecule has 0 aliphatic carbocycles. The standard InChI is InChI=1S/C16H23N3O2/c1-12(2)19-11-14(10-15(19)20)18-16(21)17-9-8-13-6-4-3-5-7-13/h3-7,12,14H,8-11H2,1-2H3,(H2,17,18,21). The number of rotatable bonds is 5. The molecule has 0 saturated carbocycles. The van der Waals surface area contributed by atoms with Crippen molar-refractivity contribution >= 4 is 11.9 Å². The van der Waals surface area contributed by atoms with Gasteiger partial charge in [0.2, 0.25) is 5.91 Å². The van der Waals surface area contributed by atoms with Gasteiger partial charge in [0.15, 0.2) is 0 Å². The average molecular weight is 289 g/mol. The fraction of sp³-hybridized carbons (Fsp3) is 0.500. The maximum atomic E-state index is 11.8. The van der Waals surface area contributed by atoms with Crippen molar-refractivity contribution in [3.05, 3.63) is 35.9 Å². The Labute approximate surface area is 125 Å². The normalized spacial score (nSPS) is 18.1. The molecular formula is C16H23N3O2. The highest BCUT2D eigenvalue weighted by atomic mass is 16.2. The minimum atomic E-state index is -0.200. The molecule has 1 aliphatic heterocycles. The van der Waals surface area contributed by atoms with Gasteiger partial charge < -0.3 is 15.5 Å². The summed E-state index contributed by atoms with van der Waals surface area (Å²) in [5, 5.41) is 5.70. The lowest BCUT2D eigenvalue weighted by Crippen LogP contribution is -2.44. The molecule has 21 heavy (non-hydrogen) atoms. The Bertz CT molecular complexity index is 488. The molecule has 1 heterocycles. The topological polar surface area (TPSA) is 61.4 Å². The molecule has 114 valence electrons. The van der Waals surface area contributed by atoms with Crippen LogP contribution in [0.15, 0.2) is 30.3 Å². The fourth-order valence-corrected chi connectivity index (χ4v) is 2.53. The van der Waals surface area contributed by atoms with E-state index in [0.29, 0.717) is 19.5 Å². The van der Waals surface area contributed by atoms with Crippen LogP contribution in [0, 0.1) is 0 Å². The lowest BCUT2D eigenvalue weighted by molar-refractivity contribution is -0.129. The van der Waals surface area contributed by atoms with Crippen molar-refractivity contribution in [2.75, 3.05) is 13.1 Å². The summed E-state index contributed by atoms with van der Waals surface area (Å²) < 4.78 is 0. The average Bonchev–Trinajstić information content (AvgIpc) is 2.81. The number of benzene rings is 1. The number of hydrogen-bond donors (Lipinski definition) is 2. The summed E-state index contributed by atoms with van der Waals surface area (Å²) in [6.07, 6.45) is 1.19. The smallest absolute Gasteiger partial charge is 0.315 e. The number of carbonyl (C=O) groups is 2. The monoisotopic (exact) mass is 289 g/mol. The molecule has 0 radical (unpaired) electrons. The molecule has 1 fully saturated rings. The molecule has 2 rings (SSSR count). The molecular weight excluding hydrogens is 266 g/mol. The van der Waals surface area contributed by atoms with Gasteiger partial charge in [-0.2, -0.15) is 0 Å². The Kier molecular flexibility index (Phi) is 5.20. The van der Waals surface area contributed by atoms with Gasteiger partial charge in [-0.3, -0.25) is 4.79 Å². The summed E-state index contributed by atoms with van der Waals surface area (Å²) >= 11 is 0. The maximum absolute atomic E-state index is 11.8. The van der Waals surface area contributed by atoms with Crippen LogP contribution in [0.3, 0.4) is 0 Å². The van der Waals surface area contributed by atoms with Crippen molar-refractivity contribution in [2.45, 2.75) is 38.8 Å². The number of amides is 3. The van der Waals surface area contributed by atoms with Crippen molar-refractivity contribution in [3.63, 3.8) is 0 Å². The number of carbonyl (C=O) groups excluding carboxylic acids is 2. The molecule has 5 heteroatoms. The van der Waals surface area contributed by atoms with Gasteiger partial charge >= 0.3 is 6.03 Å². The van der Waals surface area contributed by atoms with Crippen LogP contribution in [0.25, 0.3) is 0 Å². The second-order valence-corrected chi connectivity index (χ2v) is 5.68. The summed E-state index contributed by atoms with van der Waals surface area (Å²) in [7, 11) is 0. The minimum Gasteiger partial charge on any atom is -0.338 e. The number of hydrogen-bond acceptors (Lipinski definition) is 2. The molecule has 1 aliphatic rings. The van der Waals surface area contributed by atoms with Gasteiger partial charge in [-0.25, -0.2) is 4.79 Å². The van der Waals surface area contributed by atoms with Crippen molar-refractivity contribution in [2.24, 2.45) is 0 Å². The Morgan fingerprint density at radius 3 is 2.67 bits per heavy atom. The zero-order valence-corrected chi connectivity index (χ0v) is 12.6. The van der Waals surface area contributed by atoms with E-state index in [2.05, 4.69) is 10.6 Å². The second-order valence-electron chi connectivity index (χ2n) is 5.68. The summed E-state index contributed by atoms with van der Waals surface area (Å²) in [6.45, 7) is 5.16. The molecule has 1 saturated heterocycles. The molecule has 1 unspecified atom stereocenters. The van der Waals surface area contributed by atoms with E-state index < -0.39 is 0 Å². The second kappa shape index (κ2) is 7.11. The fourth-order valence-electron chi connectivity index (χ4n) is 2.53. The number of likely N-dealkylation sites (tertiary alicyclic amines) is 1. The SMILES string of the molecule is CC(C)N1CC(NC(=O)NCCc2ccccc2)CC1=O. The van der Waals surface area contributed by atoms with E-state index in [1.165, 1.54) is 5.56 Å². The first-order valence-electron chi connectivity index (χ1n) is 7.44. The van der Waals surface area contributed by atoms with Crippen molar-refractivity contribution in [1.82, 2.24) is 15.5 Å². The lowest BCUT2D eigenvalue weighted by atomic mass is 10.1. The van der Waals surface area contributed by atoms with E-state index >= 15 is 0 Å². The summed E-state index contributed by atoms with van der Waals surface area (Å²) in [6, 6.07) is 9.92. The van der Waals surface area contributed by atoms with Crippen LogP contribution in [0.2, 0.25) is 0 Å². The molecule has 1 aromatic rings. The molecule has 5 nitrogen and oxygen atoms in total. The zero-order chi connectivity index (χ0) is 15.2. The maximum Gasteiger partial charge on any atom is 0.315 e. The molecule has 0 spiro atoms. The van der Waals surface area contributed by atoms with Gasteiger partial charge in [-0.1, -0.05) is 30.3 Å². The van der Waals surface area contributed by atoms with E-state index in [-0.39, 0.29) is 24.0 Å². The van der Waals surface area contributed by atoms with E-state index in [1.807, 2.05) is 44.2 Å². The predicted octanol–water partition coefficient (Wildman–Crippen LogP) is 1.54. The van der Waals surface area contributed by atoms with Crippen molar-refractivity contribution in [1.29, 1.82) is 0 Å². The third-order valence-corrected chi connectivity index (χ3v) is 3.66. The Hall–Kier alpha value is -2.04. The largest absolute Gasteiger partial charge is 0.338 e. The van der Waals surface area contributed by atoms with Gasteiger partial charge in [0, 0.05) is 25.6 Å². The molecule has 3 amide bonds. The first-order valence-corrected chi connectivity index (χ1v) is 7.44. The Balaban J connectivity index is 1.69. The Morgan fingerprint density at radius 2 is 2.05 bits per heavy atom. The third-order valence-electron chi connectivity index (χ3n) is 3.66. The van der Waals surface area contributed by atoms with E-state index in [1.54, 1.807) is 4.90 Å². The van der Waals surface area contributed by atoms with Crippen molar-refractivity contribution < 1.29 is 9.59 Å². The lowest BCUT2D eigenvalue weighted by Gasteiger charge is -2.21. The van der Waals surface area contributed by atoms with Crippen LogP contribution in [-0.2, 0) is 11.2 Å². The van der Waals surface area contributed by atoms with Gasteiger partial charge in [0.1, 0.15) is 0 Å². The predicted molar refractivity (Wildman–Crippen MR) is 81.9 cm³/mol. The molecule has 0 aromatic heterocycles. The van der Waals surface area contributed by atoms with Crippen LogP contribution in [-0.4, -0.2) is 42.0 Å². The quantitative estimate of drug-likeness (QED) is 0.863. The highest BCUT2D eigenvalue weighted by molar-refractivity contribution is 5.81. The first kappa shape index (κ1) is 15.4. The molecule has 1 aromatic carbocycles. The number of nitrogens with zero attached hydrogens (tertiary/aromatic N) is 1. The van der Waals surface area contributed by atoms with Gasteiger partial charge in [-0.05, 0) is 25.8 Å². The number of urea groups is 1. The Morgan fingerprint density at radius 1 is 1.33 bits per heavy atom. The zero-order valence-electron chi connectivity index (χ0n) is 12.6.